The maximum Gasteiger partial charge on any atom is 0.282 e. The number of hydrogen-bond acceptors (Lipinski definition) is 6. The highest BCUT2D eigenvalue weighted by Gasteiger charge is 2.49. The van der Waals surface area contributed by atoms with E-state index in [2.05, 4.69) is 22.7 Å². The van der Waals surface area contributed by atoms with E-state index in [1.807, 2.05) is 0 Å². The van der Waals surface area contributed by atoms with E-state index in [4.69, 9.17) is 4.52 Å². The zero-order valence-corrected chi connectivity index (χ0v) is 19.6. The molecule has 2 bridgehead atoms. The van der Waals surface area contributed by atoms with Crippen molar-refractivity contribution in [1.82, 2.24) is 24.4 Å². The number of piperidine rings is 2. The van der Waals surface area contributed by atoms with E-state index in [0.29, 0.717) is 43.6 Å². The Kier molecular flexibility index (Phi) is 6.30. The minimum Gasteiger partial charge on any atom is -0.360 e. The lowest BCUT2D eigenvalue weighted by molar-refractivity contribution is 0.0897. The lowest BCUT2D eigenvalue weighted by Gasteiger charge is -2.42. The quantitative estimate of drug-likeness (QED) is 0.608. The normalized spacial score (nSPS) is 30.0. The fourth-order valence-corrected chi connectivity index (χ4v) is 7.69. The molecule has 4 fully saturated rings. The summed E-state index contributed by atoms with van der Waals surface area (Å²) in [5.41, 5.74) is 0.328. The van der Waals surface area contributed by atoms with Gasteiger partial charge < -0.3 is 15.2 Å². The second-order valence-electron chi connectivity index (χ2n) is 9.88. The average molecular weight is 466 g/mol. The summed E-state index contributed by atoms with van der Waals surface area (Å²) in [7, 11) is -3.47. The Balaban J connectivity index is 1.18. The molecular formula is C22H35N5O4S. The average Bonchev–Trinajstić information content (AvgIpc) is 3.44. The van der Waals surface area contributed by atoms with Gasteiger partial charge in [-0.15, -0.1) is 0 Å². The molecule has 1 aromatic rings. The maximum atomic E-state index is 13.5. The molecule has 178 valence electrons. The van der Waals surface area contributed by atoms with Crippen LogP contribution in [0.25, 0.3) is 0 Å². The van der Waals surface area contributed by atoms with Gasteiger partial charge >= 0.3 is 0 Å². The number of carbonyl (C=O) groups excluding carboxylic acids is 1. The van der Waals surface area contributed by atoms with Gasteiger partial charge in [-0.05, 0) is 64.3 Å². The Labute approximate surface area is 190 Å². The smallest absolute Gasteiger partial charge is 0.282 e. The number of hydrogen-bond donors (Lipinski definition) is 2. The van der Waals surface area contributed by atoms with E-state index in [1.54, 1.807) is 14.7 Å². The highest BCUT2D eigenvalue weighted by atomic mass is 32.2. The van der Waals surface area contributed by atoms with Crippen molar-refractivity contribution in [2.24, 2.45) is 0 Å². The van der Waals surface area contributed by atoms with Gasteiger partial charge in [-0.3, -0.25) is 4.79 Å². The number of fused-ring (bicyclic) bond motifs is 2. The summed E-state index contributed by atoms with van der Waals surface area (Å²) in [4.78, 5) is 12.7. The molecule has 1 aliphatic carbocycles. The third-order valence-corrected chi connectivity index (χ3v) is 9.62. The van der Waals surface area contributed by atoms with Crippen LogP contribution in [-0.4, -0.2) is 71.9 Å². The molecule has 2 N–H and O–H groups in total. The molecule has 3 aliphatic heterocycles. The van der Waals surface area contributed by atoms with E-state index in [1.165, 1.54) is 0 Å². The van der Waals surface area contributed by atoms with Gasteiger partial charge in [0.05, 0.1) is 0 Å². The van der Waals surface area contributed by atoms with E-state index < -0.39 is 10.2 Å². The van der Waals surface area contributed by atoms with E-state index >= 15 is 0 Å². The lowest BCUT2D eigenvalue weighted by atomic mass is 9.99. The van der Waals surface area contributed by atoms with Crippen molar-refractivity contribution >= 4 is 16.1 Å². The fourth-order valence-electron chi connectivity index (χ4n) is 5.62. The van der Waals surface area contributed by atoms with Crippen LogP contribution in [0.15, 0.2) is 10.6 Å². The summed E-state index contributed by atoms with van der Waals surface area (Å²) >= 11 is 0. The van der Waals surface area contributed by atoms with E-state index in [0.717, 1.165) is 57.3 Å². The molecule has 4 heterocycles. The van der Waals surface area contributed by atoms with Gasteiger partial charge in [0, 0.05) is 49.2 Å². The molecular weight excluding hydrogens is 430 g/mol. The fraction of sp³-hybridized carbons (Fsp3) is 0.818. The highest BCUT2D eigenvalue weighted by molar-refractivity contribution is 7.86. The van der Waals surface area contributed by atoms with E-state index in [-0.39, 0.29) is 24.0 Å². The van der Waals surface area contributed by atoms with Crippen LogP contribution in [0.3, 0.4) is 0 Å². The van der Waals surface area contributed by atoms with Crippen LogP contribution < -0.4 is 10.6 Å². The Morgan fingerprint density at radius 2 is 1.78 bits per heavy atom. The minimum atomic E-state index is -3.47. The summed E-state index contributed by atoms with van der Waals surface area (Å²) in [6, 6.07) is 2.05. The van der Waals surface area contributed by atoms with Gasteiger partial charge in [-0.2, -0.15) is 17.0 Å². The van der Waals surface area contributed by atoms with Crippen molar-refractivity contribution in [3.05, 3.63) is 17.5 Å². The first-order valence-corrected chi connectivity index (χ1v) is 13.6. The molecule has 4 aliphatic rings. The highest BCUT2D eigenvalue weighted by Crippen LogP contribution is 2.41. The van der Waals surface area contributed by atoms with Gasteiger partial charge in [0.25, 0.3) is 16.1 Å². The zero-order valence-electron chi connectivity index (χ0n) is 18.8. The molecule has 1 saturated carbocycles. The van der Waals surface area contributed by atoms with Gasteiger partial charge in [0.1, 0.15) is 5.76 Å². The predicted molar refractivity (Wildman–Crippen MR) is 119 cm³/mol. The number of carbonyl (C=O) groups is 1. The third kappa shape index (κ3) is 4.47. The molecule has 0 radical (unpaired) electrons. The molecule has 3 atom stereocenters. The summed E-state index contributed by atoms with van der Waals surface area (Å²) in [5, 5.41) is 10.5. The van der Waals surface area contributed by atoms with Gasteiger partial charge in [-0.1, -0.05) is 12.1 Å². The Bertz CT molecular complexity index is 909. The van der Waals surface area contributed by atoms with Gasteiger partial charge in [-0.25, -0.2) is 0 Å². The largest absolute Gasteiger partial charge is 0.360 e. The number of nitrogens with zero attached hydrogens (tertiary/aromatic N) is 3. The first kappa shape index (κ1) is 22.3. The molecule has 3 saturated heterocycles. The molecule has 1 unspecified atom stereocenters. The summed E-state index contributed by atoms with van der Waals surface area (Å²) in [6.07, 6.45) is 8.04. The van der Waals surface area contributed by atoms with Crippen LogP contribution in [0.2, 0.25) is 0 Å². The Hall–Kier alpha value is -1.49. The van der Waals surface area contributed by atoms with E-state index in [9.17, 15) is 13.2 Å². The predicted octanol–water partition coefficient (Wildman–Crippen LogP) is 1.99. The van der Waals surface area contributed by atoms with Crippen molar-refractivity contribution in [2.45, 2.75) is 94.8 Å². The van der Waals surface area contributed by atoms with Crippen molar-refractivity contribution in [2.75, 3.05) is 19.6 Å². The van der Waals surface area contributed by atoms with Crippen molar-refractivity contribution < 1.29 is 17.7 Å². The SMILES string of the molecule is CCCNC1CCN(S(=O)(=O)N2[C@@H]3CC[C@H]2CC(NC(=O)c2cc(C4CC4)on2)C3)CC1. The van der Waals surface area contributed by atoms with Crippen molar-refractivity contribution in [3.63, 3.8) is 0 Å². The van der Waals surface area contributed by atoms with Gasteiger partial charge in [0.2, 0.25) is 0 Å². The second kappa shape index (κ2) is 9.04. The maximum absolute atomic E-state index is 13.5. The molecule has 0 spiro atoms. The van der Waals surface area contributed by atoms with Crippen molar-refractivity contribution in [1.29, 1.82) is 0 Å². The topological polar surface area (TPSA) is 108 Å². The monoisotopic (exact) mass is 465 g/mol. The molecule has 1 aromatic heterocycles. The summed E-state index contributed by atoms with van der Waals surface area (Å²) < 4.78 is 35.7. The molecule has 32 heavy (non-hydrogen) atoms. The van der Waals surface area contributed by atoms with Crippen LogP contribution in [0, 0.1) is 0 Å². The van der Waals surface area contributed by atoms with Crippen molar-refractivity contribution in [3.8, 4) is 0 Å². The molecule has 9 nitrogen and oxygen atoms in total. The zero-order chi connectivity index (χ0) is 22.3. The molecule has 10 heteroatoms. The van der Waals surface area contributed by atoms with Crippen LogP contribution >= 0.6 is 0 Å². The van der Waals surface area contributed by atoms with Crippen LogP contribution in [0.4, 0.5) is 0 Å². The Morgan fingerprint density at radius 1 is 1.09 bits per heavy atom. The standard InChI is InChI=1S/C22H35N5O4S/c1-2-9-23-16-7-10-26(11-8-16)32(29,30)27-18-5-6-19(27)13-17(12-18)24-22(28)20-14-21(31-25-20)15-3-4-15/h14-19,23H,2-13H2,1H3,(H,24,28)/t17?,18-,19+. The molecule has 0 aromatic carbocycles. The number of rotatable bonds is 8. The second-order valence-corrected chi connectivity index (χ2v) is 11.7. The molecule has 5 rings (SSSR count). The Morgan fingerprint density at radius 3 is 2.41 bits per heavy atom. The number of aromatic nitrogens is 1. The first-order valence-electron chi connectivity index (χ1n) is 12.2. The van der Waals surface area contributed by atoms with Crippen LogP contribution in [-0.2, 0) is 10.2 Å². The number of amides is 1. The van der Waals surface area contributed by atoms with Crippen LogP contribution in [0.1, 0.15) is 86.9 Å². The number of nitrogens with one attached hydrogen (secondary N) is 2. The van der Waals surface area contributed by atoms with Crippen LogP contribution in [0.5, 0.6) is 0 Å². The molecule has 1 amide bonds. The summed E-state index contributed by atoms with van der Waals surface area (Å²) in [6.45, 7) is 4.28. The third-order valence-electron chi connectivity index (χ3n) is 7.47. The van der Waals surface area contributed by atoms with Gasteiger partial charge in [0.15, 0.2) is 5.69 Å². The first-order chi connectivity index (χ1) is 15.5. The lowest BCUT2D eigenvalue weighted by Crippen LogP contribution is -2.57. The minimum absolute atomic E-state index is 0.0310. The summed E-state index contributed by atoms with van der Waals surface area (Å²) in [5.74, 6) is 0.994.